The van der Waals surface area contributed by atoms with E-state index in [0.29, 0.717) is 17.9 Å². The highest BCUT2D eigenvalue weighted by molar-refractivity contribution is 5.84. The summed E-state index contributed by atoms with van der Waals surface area (Å²) in [6.07, 6.45) is 11.0. The summed E-state index contributed by atoms with van der Waals surface area (Å²) in [4.78, 5) is 15.9. The second kappa shape index (κ2) is 8.71. The highest BCUT2D eigenvalue weighted by Gasteiger charge is 2.04. The smallest absolute Gasteiger partial charge is 0.164 e. The van der Waals surface area contributed by atoms with Crippen LogP contribution in [0.2, 0.25) is 0 Å². The molecule has 0 amide bonds. The van der Waals surface area contributed by atoms with E-state index < -0.39 is 0 Å². The minimum atomic E-state index is -0.386. The van der Waals surface area contributed by atoms with Gasteiger partial charge in [0.1, 0.15) is 0 Å². The standard InChI is InChI=1S/C20H20FN5/c1-2-15-6-11-25-20(15)14-26-19(18-5-3-4-9-23-18)8-12-24-17-7-10-22-13-16(17)21/h3-11,13-14,25H,2,12H2,1H3,(H,22,24)/b19-8-,26-14?. The summed E-state index contributed by atoms with van der Waals surface area (Å²) in [7, 11) is 0. The lowest BCUT2D eigenvalue weighted by molar-refractivity contribution is 0.624. The molecule has 0 aliphatic carbocycles. The molecule has 0 fully saturated rings. The van der Waals surface area contributed by atoms with Gasteiger partial charge in [-0.3, -0.25) is 15.0 Å². The Morgan fingerprint density at radius 1 is 1.27 bits per heavy atom. The predicted molar refractivity (Wildman–Crippen MR) is 103 cm³/mol. The van der Waals surface area contributed by atoms with Crippen LogP contribution in [0.5, 0.6) is 0 Å². The van der Waals surface area contributed by atoms with Crippen molar-refractivity contribution in [2.45, 2.75) is 13.3 Å². The number of nitrogens with one attached hydrogen (secondary N) is 2. The summed E-state index contributed by atoms with van der Waals surface area (Å²) in [5, 5.41) is 3.03. The van der Waals surface area contributed by atoms with Gasteiger partial charge in [-0.1, -0.05) is 13.0 Å². The Morgan fingerprint density at radius 3 is 2.96 bits per heavy atom. The fourth-order valence-corrected chi connectivity index (χ4v) is 2.49. The first-order valence-corrected chi connectivity index (χ1v) is 8.43. The van der Waals surface area contributed by atoms with Crippen LogP contribution >= 0.6 is 0 Å². The number of hydrogen-bond acceptors (Lipinski definition) is 4. The quantitative estimate of drug-likeness (QED) is 0.632. The van der Waals surface area contributed by atoms with Gasteiger partial charge in [-0.25, -0.2) is 4.39 Å². The van der Waals surface area contributed by atoms with Crippen molar-refractivity contribution in [3.63, 3.8) is 0 Å². The third-order valence-electron chi connectivity index (χ3n) is 3.87. The molecular formula is C20H20FN5. The topological polar surface area (TPSA) is 66.0 Å². The number of hydrogen-bond donors (Lipinski definition) is 2. The molecule has 0 saturated heterocycles. The van der Waals surface area contributed by atoms with Crippen LogP contribution in [0.15, 0.2) is 66.2 Å². The Labute approximate surface area is 151 Å². The summed E-state index contributed by atoms with van der Waals surface area (Å²) >= 11 is 0. The minimum Gasteiger partial charge on any atom is -0.379 e. The number of aromatic nitrogens is 3. The predicted octanol–water partition coefficient (Wildman–Crippen LogP) is 4.08. The number of aliphatic imine (C=N–C) groups is 1. The van der Waals surface area contributed by atoms with Crippen molar-refractivity contribution >= 4 is 17.6 Å². The van der Waals surface area contributed by atoms with Gasteiger partial charge in [-0.2, -0.15) is 0 Å². The molecule has 3 aromatic heterocycles. The van der Waals surface area contributed by atoms with Crippen LogP contribution in [-0.4, -0.2) is 27.7 Å². The first-order valence-electron chi connectivity index (χ1n) is 8.43. The zero-order valence-electron chi connectivity index (χ0n) is 14.5. The van der Waals surface area contributed by atoms with E-state index >= 15 is 0 Å². The van der Waals surface area contributed by atoms with E-state index in [1.54, 1.807) is 24.7 Å². The Bertz CT molecular complexity index is 899. The Balaban J connectivity index is 1.81. The molecule has 2 N–H and O–H groups in total. The summed E-state index contributed by atoms with van der Waals surface area (Å²) in [5.74, 6) is -0.386. The molecule has 6 heteroatoms. The normalized spacial score (nSPS) is 11.8. The molecule has 0 radical (unpaired) electrons. The van der Waals surface area contributed by atoms with Crippen LogP contribution < -0.4 is 5.32 Å². The molecule has 3 rings (SSSR count). The molecule has 26 heavy (non-hydrogen) atoms. The molecule has 0 aliphatic heterocycles. The molecule has 132 valence electrons. The van der Waals surface area contributed by atoms with Crippen molar-refractivity contribution in [3.05, 3.63) is 84.0 Å². The number of nitrogens with zero attached hydrogens (tertiary/aromatic N) is 3. The number of halogens is 1. The van der Waals surface area contributed by atoms with Crippen LogP contribution in [0.4, 0.5) is 10.1 Å². The van der Waals surface area contributed by atoms with E-state index in [0.717, 1.165) is 17.8 Å². The fraction of sp³-hybridized carbons (Fsp3) is 0.150. The van der Waals surface area contributed by atoms with Gasteiger partial charge in [0.05, 0.1) is 35.2 Å². The molecule has 3 heterocycles. The number of aromatic amines is 1. The second-order valence-corrected chi connectivity index (χ2v) is 5.57. The van der Waals surface area contributed by atoms with Gasteiger partial charge >= 0.3 is 0 Å². The third kappa shape index (κ3) is 4.42. The first kappa shape index (κ1) is 17.5. The fourth-order valence-electron chi connectivity index (χ4n) is 2.49. The lowest BCUT2D eigenvalue weighted by Crippen LogP contribution is -2.02. The molecule has 0 spiro atoms. The molecule has 0 unspecified atom stereocenters. The van der Waals surface area contributed by atoms with E-state index in [2.05, 4.69) is 32.2 Å². The van der Waals surface area contributed by atoms with Gasteiger partial charge in [-0.05, 0) is 42.3 Å². The minimum absolute atomic E-state index is 0.386. The number of pyridine rings is 2. The van der Waals surface area contributed by atoms with Gasteiger partial charge in [0.25, 0.3) is 0 Å². The maximum Gasteiger partial charge on any atom is 0.164 e. The van der Waals surface area contributed by atoms with E-state index in [1.807, 2.05) is 36.5 Å². The van der Waals surface area contributed by atoms with Crippen LogP contribution in [0.25, 0.3) is 5.70 Å². The van der Waals surface area contributed by atoms with Crippen LogP contribution in [0.3, 0.4) is 0 Å². The SMILES string of the molecule is CCc1cc[nH]c1C=N/C(=C\CNc1ccncc1F)c1ccccn1. The average molecular weight is 349 g/mol. The molecule has 0 atom stereocenters. The Hall–Kier alpha value is -3.28. The largest absolute Gasteiger partial charge is 0.379 e. The summed E-state index contributed by atoms with van der Waals surface area (Å²) < 4.78 is 13.7. The number of rotatable bonds is 7. The number of anilines is 1. The van der Waals surface area contributed by atoms with Crippen LogP contribution in [-0.2, 0) is 6.42 Å². The molecule has 0 bridgehead atoms. The van der Waals surface area contributed by atoms with Crippen molar-refractivity contribution in [1.82, 2.24) is 15.0 Å². The molecule has 3 aromatic rings. The Kier molecular flexibility index (Phi) is 5.88. The highest BCUT2D eigenvalue weighted by atomic mass is 19.1. The molecule has 0 aliphatic rings. The van der Waals surface area contributed by atoms with Crippen molar-refractivity contribution in [3.8, 4) is 0 Å². The lowest BCUT2D eigenvalue weighted by atomic mass is 10.2. The van der Waals surface area contributed by atoms with E-state index in [4.69, 9.17) is 0 Å². The maximum absolute atomic E-state index is 13.7. The van der Waals surface area contributed by atoms with E-state index in [1.165, 1.54) is 11.8 Å². The molecule has 5 nitrogen and oxygen atoms in total. The van der Waals surface area contributed by atoms with Gasteiger partial charge in [0.15, 0.2) is 5.82 Å². The summed E-state index contributed by atoms with van der Waals surface area (Å²) in [5.41, 5.74) is 4.04. The lowest BCUT2D eigenvalue weighted by Gasteiger charge is -2.06. The zero-order chi connectivity index (χ0) is 18.2. The van der Waals surface area contributed by atoms with Crippen LogP contribution in [0.1, 0.15) is 23.9 Å². The summed E-state index contributed by atoms with van der Waals surface area (Å²) in [6, 6.07) is 9.30. The van der Waals surface area contributed by atoms with Crippen molar-refractivity contribution < 1.29 is 4.39 Å². The van der Waals surface area contributed by atoms with E-state index in [-0.39, 0.29) is 5.82 Å². The number of H-pyrrole nitrogens is 1. The average Bonchev–Trinajstić information content (AvgIpc) is 3.14. The van der Waals surface area contributed by atoms with Gasteiger partial charge < -0.3 is 10.3 Å². The van der Waals surface area contributed by atoms with E-state index in [9.17, 15) is 4.39 Å². The van der Waals surface area contributed by atoms with Crippen molar-refractivity contribution in [2.24, 2.45) is 4.99 Å². The molecular weight excluding hydrogens is 329 g/mol. The number of aryl methyl sites for hydroxylation is 1. The molecule has 0 aromatic carbocycles. The third-order valence-corrected chi connectivity index (χ3v) is 3.87. The van der Waals surface area contributed by atoms with Gasteiger partial charge in [0, 0.05) is 25.1 Å². The second-order valence-electron chi connectivity index (χ2n) is 5.57. The monoisotopic (exact) mass is 349 g/mol. The van der Waals surface area contributed by atoms with Gasteiger partial charge in [0.2, 0.25) is 0 Å². The summed E-state index contributed by atoms with van der Waals surface area (Å²) in [6.45, 7) is 2.51. The van der Waals surface area contributed by atoms with Crippen molar-refractivity contribution in [1.29, 1.82) is 0 Å². The Morgan fingerprint density at radius 2 is 2.19 bits per heavy atom. The van der Waals surface area contributed by atoms with Crippen LogP contribution in [0, 0.1) is 5.82 Å². The maximum atomic E-state index is 13.7. The molecule has 0 saturated carbocycles. The van der Waals surface area contributed by atoms with Gasteiger partial charge in [-0.15, -0.1) is 0 Å². The van der Waals surface area contributed by atoms with Crippen molar-refractivity contribution in [2.75, 3.05) is 11.9 Å². The highest BCUT2D eigenvalue weighted by Crippen LogP contribution is 2.15. The first-order chi connectivity index (χ1) is 12.8. The zero-order valence-corrected chi connectivity index (χ0v) is 14.5.